The summed E-state index contributed by atoms with van der Waals surface area (Å²) >= 11 is 0. The van der Waals surface area contributed by atoms with Crippen molar-refractivity contribution >= 4 is 23.3 Å². The van der Waals surface area contributed by atoms with Gasteiger partial charge in [0.15, 0.2) is 5.78 Å². The number of pyridine rings is 1. The lowest BCUT2D eigenvalue weighted by Gasteiger charge is -2.12. The minimum atomic E-state index is -0.584. The maximum Gasteiger partial charge on any atom is 0.341 e. The lowest BCUT2D eigenvalue weighted by Crippen LogP contribution is -2.12. The van der Waals surface area contributed by atoms with E-state index < -0.39 is 11.8 Å². The normalized spacial score (nSPS) is 10.4. The summed E-state index contributed by atoms with van der Waals surface area (Å²) in [6.45, 7) is 3.87. The van der Waals surface area contributed by atoms with Crippen LogP contribution in [0.4, 0.5) is 11.5 Å². The van der Waals surface area contributed by atoms with E-state index in [0.717, 1.165) is 17.7 Å². The minimum absolute atomic E-state index is 0.114. The van der Waals surface area contributed by atoms with E-state index in [1.165, 1.54) is 18.3 Å². The van der Waals surface area contributed by atoms with Crippen LogP contribution in [0.2, 0.25) is 0 Å². The number of phenols is 1. The number of ketones is 1. The maximum absolute atomic E-state index is 13.0. The Kier molecular flexibility index (Phi) is 6.24. The molecular formula is C23H22N2O4. The van der Waals surface area contributed by atoms with Gasteiger partial charge in [0, 0.05) is 17.4 Å². The van der Waals surface area contributed by atoms with Crippen LogP contribution >= 0.6 is 0 Å². The van der Waals surface area contributed by atoms with Crippen LogP contribution < -0.4 is 5.32 Å². The van der Waals surface area contributed by atoms with Crippen molar-refractivity contribution in [1.29, 1.82) is 0 Å². The zero-order valence-electron chi connectivity index (χ0n) is 16.3. The molecule has 29 heavy (non-hydrogen) atoms. The van der Waals surface area contributed by atoms with Gasteiger partial charge in [-0.15, -0.1) is 0 Å². The standard InChI is InChI=1S/C23H22N2O4/c1-3-15-10-11-20(26)18(12-15)21(27)16-13-19(23(28)29-4-2)22(24-14-16)25-17-8-6-5-7-9-17/h5-14,26H,3-4H2,1-2H3,(H,24,25). The van der Waals surface area contributed by atoms with Crippen LogP contribution in [-0.2, 0) is 11.2 Å². The number of ether oxygens (including phenoxy) is 1. The van der Waals surface area contributed by atoms with Crippen LogP contribution in [0.25, 0.3) is 0 Å². The Balaban J connectivity index is 2.01. The van der Waals surface area contributed by atoms with Gasteiger partial charge < -0.3 is 15.2 Å². The van der Waals surface area contributed by atoms with E-state index in [4.69, 9.17) is 4.74 Å². The molecule has 0 unspecified atom stereocenters. The van der Waals surface area contributed by atoms with Crippen LogP contribution in [0.5, 0.6) is 5.75 Å². The van der Waals surface area contributed by atoms with Crippen LogP contribution in [0.3, 0.4) is 0 Å². The number of aryl methyl sites for hydroxylation is 1. The molecule has 148 valence electrons. The summed E-state index contributed by atoms with van der Waals surface area (Å²) in [4.78, 5) is 29.7. The molecule has 1 aromatic heterocycles. The van der Waals surface area contributed by atoms with Crippen molar-refractivity contribution in [2.75, 3.05) is 11.9 Å². The number of hydrogen-bond acceptors (Lipinski definition) is 6. The summed E-state index contributed by atoms with van der Waals surface area (Å²) in [6, 6.07) is 15.6. The molecule has 0 bridgehead atoms. The SMILES string of the molecule is CCOC(=O)c1cc(C(=O)c2cc(CC)ccc2O)cnc1Nc1ccccc1. The molecule has 3 rings (SSSR count). The molecule has 0 saturated carbocycles. The highest BCUT2D eigenvalue weighted by atomic mass is 16.5. The van der Waals surface area contributed by atoms with Gasteiger partial charge in [-0.25, -0.2) is 9.78 Å². The second-order valence-corrected chi connectivity index (χ2v) is 6.37. The van der Waals surface area contributed by atoms with E-state index in [2.05, 4.69) is 10.3 Å². The van der Waals surface area contributed by atoms with Gasteiger partial charge in [0.1, 0.15) is 17.1 Å². The Labute approximate surface area is 169 Å². The molecule has 0 aliphatic carbocycles. The Morgan fingerprint density at radius 1 is 1.03 bits per heavy atom. The van der Waals surface area contributed by atoms with Gasteiger partial charge in [-0.05, 0) is 49.2 Å². The first-order valence-corrected chi connectivity index (χ1v) is 9.39. The number of esters is 1. The number of nitrogens with one attached hydrogen (secondary N) is 1. The number of aromatic hydroxyl groups is 1. The number of hydrogen-bond donors (Lipinski definition) is 2. The number of nitrogens with zero attached hydrogens (tertiary/aromatic N) is 1. The molecule has 0 fully saturated rings. The lowest BCUT2D eigenvalue weighted by atomic mass is 9.99. The zero-order chi connectivity index (χ0) is 20.8. The van der Waals surface area contributed by atoms with Crippen molar-refractivity contribution in [3.05, 3.63) is 83.0 Å². The van der Waals surface area contributed by atoms with Crippen molar-refractivity contribution in [2.45, 2.75) is 20.3 Å². The smallest absolute Gasteiger partial charge is 0.341 e. The fourth-order valence-electron chi connectivity index (χ4n) is 2.85. The maximum atomic E-state index is 13.0. The highest BCUT2D eigenvalue weighted by Gasteiger charge is 2.20. The molecule has 2 N–H and O–H groups in total. The van der Waals surface area contributed by atoms with Gasteiger partial charge in [0.05, 0.1) is 12.2 Å². The number of carbonyl (C=O) groups is 2. The van der Waals surface area contributed by atoms with Crippen LogP contribution in [0, 0.1) is 0 Å². The van der Waals surface area contributed by atoms with Gasteiger partial charge in [0.25, 0.3) is 0 Å². The first-order valence-electron chi connectivity index (χ1n) is 9.39. The lowest BCUT2D eigenvalue weighted by molar-refractivity contribution is 0.0527. The molecule has 1 heterocycles. The molecule has 0 aliphatic rings. The van der Waals surface area contributed by atoms with E-state index in [1.807, 2.05) is 37.3 Å². The quantitative estimate of drug-likeness (QED) is 0.456. The summed E-state index contributed by atoms with van der Waals surface area (Å²) in [5.41, 5.74) is 2.18. The van der Waals surface area contributed by atoms with Crippen LogP contribution in [0.15, 0.2) is 60.8 Å². The fraction of sp³-hybridized carbons (Fsp3) is 0.174. The van der Waals surface area contributed by atoms with Crippen molar-refractivity contribution in [3.63, 3.8) is 0 Å². The monoisotopic (exact) mass is 390 g/mol. The van der Waals surface area contributed by atoms with Crippen molar-refractivity contribution in [2.24, 2.45) is 0 Å². The molecule has 0 atom stereocenters. The van der Waals surface area contributed by atoms with Crippen LogP contribution in [0.1, 0.15) is 45.7 Å². The molecule has 6 nitrogen and oxygen atoms in total. The van der Waals surface area contributed by atoms with Gasteiger partial charge in [0.2, 0.25) is 0 Å². The third-order valence-electron chi connectivity index (χ3n) is 4.40. The summed E-state index contributed by atoms with van der Waals surface area (Å²) in [5.74, 6) is -0.823. The summed E-state index contributed by atoms with van der Waals surface area (Å²) in [6.07, 6.45) is 2.11. The van der Waals surface area contributed by atoms with Gasteiger partial charge in [-0.1, -0.05) is 31.2 Å². The second-order valence-electron chi connectivity index (χ2n) is 6.37. The predicted octanol–water partition coefficient (Wildman–Crippen LogP) is 4.50. The molecule has 0 saturated heterocycles. The number of benzene rings is 2. The Morgan fingerprint density at radius 3 is 2.48 bits per heavy atom. The summed E-state index contributed by atoms with van der Waals surface area (Å²) in [5, 5.41) is 13.2. The molecule has 2 aromatic carbocycles. The number of anilines is 2. The highest BCUT2D eigenvalue weighted by molar-refractivity contribution is 6.12. The molecular weight excluding hydrogens is 368 g/mol. The Bertz CT molecular complexity index is 1030. The molecule has 0 aliphatic heterocycles. The minimum Gasteiger partial charge on any atom is -0.507 e. The fourth-order valence-corrected chi connectivity index (χ4v) is 2.85. The number of carbonyl (C=O) groups excluding carboxylic acids is 2. The van der Waals surface area contributed by atoms with Gasteiger partial charge >= 0.3 is 5.97 Å². The first-order chi connectivity index (χ1) is 14.0. The van der Waals surface area contributed by atoms with E-state index in [1.54, 1.807) is 19.1 Å². The van der Waals surface area contributed by atoms with Crippen LogP contribution in [-0.4, -0.2) is 28.4 Å². The number of rotatable bonds is 7. The van der Waals surface area contributed by atoms with Crippen molar-refractivity contribution < 1.29 is 19.4 Å². The Hall–Kier alpha value is -3.67. The molecule has 3 aromatic rings. The second kappa shape index (κ2) is 9.01. The third-order valence-corrected chi connectivity index (χ3v) is 4.40. The van der Waals surface area contributed by atoms with Gasteiger partial charge in [-0.3, -0.25) is 4.79 Å². The van der Waals surface area contributed by atoms with Gasteiger partial charge in [-0.2, -0.15) is 0 Å². The number of aromatic nitrogens is 1. The van der Waals surface area contributed by atoms with E-state index in [9.17, 15) is 14.7 Å². The largest absolute Gasteiger partial charge is 0.507 e. The number of phenolic OH excluding ortho intramolecular Hbond substituents is 1. The van der Waals surface area contributed by atoms with E-state index >= 15 is 0 Å². The molecule has 0 spiro atoms. The predicted molar refractivity (Wildman–Crippen MR) is 111 cm³/mol. The third kappa shape index (κ3) is 4.60. The average Bonchev–Trinajstić information content (AvgIpc) is 2.75. The summed E-state index contributed by atoms with van der Waals surface area (Å²) < 4.78 is 5.13. The highest BCUT2D eigenvalue weighted by Crippen LogP contribution is 2.25. The Morgan fingerprint density at radius 2 is 1.79 bits per heavy atom. The van der Waals surface area contributed by atoms with Crippen molar-refractivity contribution in [1.82, 2.24) is 4.98 Å². The number of para-hydroxylation sites is 1. The molecule has 0 amide bonds. The topological polar surface area (TPSA) is 88.5 Å². The first kappa shape index (κ1) is 20.1. The molecule has 0 radical (unpaired) electrons. The zero-order valence-corrected chi connectivity index (χ0v) is 16.3. The van der Waals surface area contributed by atoms with Crippen molar-refractivity contribution in [3.8, 4) is 5.75 Å². The van der Waals surface area contributed by atoms with E-state index in [-0.39, 0.29) is 34.9 Å². The average molecular weight is 390 g/mol. The summed E-state index contributed by atoms with van der Waals surface area (Å²) in [7, 11) is 0. The van der Waals surface area contributed by atoms with E-state index in [0.29, 0.717) is 0 Å². The molecule has 6 heteroatoms.